The third kappa shape index (κ3) is 6.77. The van der Waals surface area contributed by atoms with Gasteiger partial charge in [-0.3, -0.25) is 15.1 Å². The van der Waals surface area contributed by atoms with Crippen LogP contribution >= 0.6 is 11.3 Å². The van der Waals surface area contributed by atoms with Gasteiger partial charge in [0.15, 0.2) is 20.7 Å². The molecule has 0 unspecified atom stereocenters. The van der Waals surface area contributed by atoms with Gasteiger partial charge in [0.25, 0.3) is 5.91 Å². The third-order valence-corrected chi connectivity index (χ3v) is 7.55. The molecule has 1 amide bonds. The maximum Gasteiger partial charge on any atom is 0.278 e. The third-order valence-electron chi connectivity index (χ3n) is 5.54. The maximum atomic E-state index is 13.3. The standard InChI is InChI=1S/C24H30N6O4S2/c1-29(2)13-6-16-34-20-12-11-19-23(26-20)35-24(25-19)27-22(31)21(28-30-14-4-5-15-30)17-7-9-18(10-8-17)36(3,32)33/h7-12H,4-6,13-16H2,1-3H3,(H,25,27,31)/b28-21+. The van der Waals surface area contributed by atoms with Crippen molar-refractivity contribution < 1.29 is 17.9 Å². The monoisotopic (exact) mass is 530 g/mol. The molecule has 1 aromatic carbocycles. The van der Waals surface area contributed by atoms with Gasteiger partial charge >= 0.3 is 0 Å². The highest BCUT2D eigenvalue weighted by molar-refractivity contribution is 7.90. The number of nitrogens with one attached hydrogen (secondary N) is 1. The largest absolute Gasteiger partial charge is 0.478 e. The minimum Gasteiger partial charge on any atom is -0.478 e. The Morgan fingerprint density at radius 3 is 2.53 bits per heavy atom. The van der Waals surface area contributed by atoms with Gasteiger partial charge < -0.3 is 9.64 Å². The van der Waals surface area contributed by atoms with E-state index in [1.807, 2.05) is 25.2 Å². The predicted molar refractivity (Wildman–Crippen MR) is 142 cm³/mol. The zero-order chi connectivity index (χ0) is 25.7. The minimum absolute atomic E-state index is 0.184. The summed E-state index contributed by atoms with van der Waals surface area (Å²) in [6.07, 6.45) is 4.05. The fourth-order valence-electron chi connectivity index (χ4n) is 3.68. The van der Waals surface area contributed by atoms with Crippen molar-refractivity contribution in [3.05, 3.63) is 42.0 Å². The second kappa shape index (κ2) is 11.3. The lowest BCUT2D eigenvalue weighted by molar-refractivity contribution is -0.110. The van der Waals surface area contributed by atoms with E-state index in [1.165, 1.54) is 23.5 Å². The zero-order valence-corrected chi connectivity index (χ0v) is 22.2. The highest BCUT2D eigenvalue weighted by atomic mass is 32.2. The van der Waals surface area contributed by atoms with Crippen LogP contribution in [0.3, 0.4) is 0 Å². The average Bonchev–Trinajstić information content (AvgIpc) is 3.48. The minimum atomic E-state index is -3.34. The molecule has 10 nitrogen and oxygen atoms in total. The lowest BCUT2D eigenvalue weighted by atomic mass is 10.1. The normalized spacial score (nSPS) is 14.6. The van der Waals surface area contributed by atoms with Crippen LogP contribution in [0.2, 0.25) is 0 Å². The van der Waals surface area contributed by atoms with Crippen LogP contribution in [-0.2, 0) is 14.6 Å². The lowest BCUT2D eigenvalue weighted by Gasteiger charge is -2.14. The molecule has 0 saturated carbocycles. The van der Waals surface area contributed by atoms with Crippen molar-refractivity contribution in [1.29, 1.82) is 0 Å². The summed E-state index contributed by atoms with van der Waals surface area (Å²) in [6, 6.07) is 9.76. The molecule has 192 valence electrons. The number of sulfone groups is 1. The summed E-state index contributed by atoms with van der Waals surface area (Å²) in [6.45, 7) is 3.02. The first-order valence-electron chi connectivity index (χ1n) is 11.7. The second-order valence-electron chi connectivity index (χ2n) is 8.86. The molecule has 1 N–H and O–H groups in total. The van der Waals surface area contributed by atoms with Crippen molar-refractivity contribution >= 4 is 48.3 Å². The van der Waals surface area contributed by atoms with Crippen molar-refractivity contribution in [2.75, 3.05) is 51.9 Å². The van der Waals surface area contributed by atoms with E-state index in [2.05, 4.69) is 25.3 Å². The molecule has 4 rings (SSSR count). The van der Waals surface area contributed by atoms with Crippen LogP contribution in [0, 0.1) is 0 Å². The van der Waals surface area contributed by atoms with Gasteiger partial charge in [0.1, 0.15) is 10.3 Å². The molecule has 1 fully saturated rings. The Hall–Kier alpha value is -3.09. The van der Waals surface area contributed by atoms with Crippen LogP contribution in [0.4, 0.5) is 5.13 Å². The molecule has 1 aliphatic heterocycles. The van der Waals surface area contributed by atoms with Gasteiger partial charge in [-0.15, -0.1) is 0 Å². The first-order valence-corrected chi connectivity index (χ1v) is 14.4. The second-order valence-corrected chi connectivity index (χ2v) is 11.9. The molecule has 2 aromatic heterocycles. The van der Waals surface area contributed by atoms with Crippen LogP contribution in [0.15, 0.2) is 46.4 Å². The number of thiazole rings is 1. The van der Waals surface area contributed by atoms with E-state index >= 15 is 0 Å². The number of carbonyl (C=O) groups excluding carboxylic acids is 1. The summed E-state index contributed by atoms with van der Waals surface area (Å²) in [5, 5.41) is 9.68. The molecule has 36 heavy (non-hydrogen) atoms. The first kappa shape index (κ1) is 26.0. The Bertz CT molecular complexity index is 1350. The molecule has 0 radical (unpaired) electrons. The van der Waals surface area contributed by atoms with E-state index in [9.17, 15) is 13.2 Å². The molecule has 1 aliphatic rings. The average molecular weight is 531 g/mol. The van der Waals surface area contributed by atoms with Crippen LogP contribution in [0.1, 0.15) is 24.8 Å². The summed E-state index contributed by atoms with van der Waals surface area (Å²) in [7, 11) is 0.690. The molecule has 3 heterocycles. The fourth-order valence-corrected chi connectivity index (χ4v) is 5.14. The number of benzene rings is 1. The molecule has 0 atom stereocenters. The van der Waals surface area contributed by atoms with Crippen molar-refractivity contribution in [3.63, 3.8) is 0 Å². The number of hydrazone groups is 1. The predicted octanol–water partition coefficient (Wildman–Crippen LogP) is 2.86. The van der Waals surface area contributed by atoms with Crippen LogP contribution in [0.25, 0.3) is 10.3 Å². The Morgan fingerprint density at radius 1 is 1.14 bits per heavy atom. The van der Waals surface area contributed by atoms with E-state index in [0.717, 1.165) is 45.2 Å². The Labute approximate surface area is 214 Å². The number of nitrogens with zero attached hydrogens (tertiary/aromatic N) is 5. The Morgan fingerprint density at radius 2 is 1.86 bits per heavy atom. The molecule has 1 saturated heterocycles. The number of aromatic nitrogens is 2. The highest BCUT2D eigenvalue weighted by Crippen LogP contribution is 2.26. The molecular weight excluding hydrogens is 500 g/mol. The van der Waals surface area contributed by atoms with E-state index < -0.39 is 15.7 Å². The lowest BCUT2D eigenvalue weighted by Crippen LogP contribution is -2.27. The number of hydrogen-bond donors (Lipinski definition) is 1. The molecule has 12 heteroatoms. The summed E-state index contributed by atoms with van der Waals surface area (Å²) in [4.78, 5) is 25.2. The number of ether oxygens (including phenoxy) is 1. The van der Waals surface area contributed by atoms with Crippen molar-refractivity contribution in [3.8, 4) is 5.88 Å². The zero-order valence-electron chi connectivity index (χ0n) is 20.6. The smallest absolute Gasteiger partial charge is 0.278 e. The van der Waals surface area contributed by atoms with Crippen LogP contribution < -0.4 is 10.1 Å². The van der Waals surface area contributed by atoms with Gasteiger partial charge in [-0.1, -0.05) is 23.5 Å². The first-order chi connectivity index (χ1) is 17.2. The Balaban J connectivity index is 1.52. The molecule has 0 spiro atoms. The molecular formula is C24H30N6O4S2. The fraction of sp³-hybridized carbons (Fsp3) is 0.417. The van der Waals surface area contributed by atoms with Gasteiger partial charge in [0, 0.05) is 37.5 Å². The van der Waals surface area contributed by atoms with E-state index in [1.54, 1.807) is 18.2 Å². The molecule has 0 bridgehead atoms. The van der Waals surface area contributed by atoms with Gasteiger partial charge in [-0.25, -0.2) is 18.4 Å². The number of fused-ring (bicyclic) bond motifs is 1. The van der Waals surface area contributed by atoms with E-state index in [-0.39, 0.29) is 10.6 Å². The van der Waals surface area contributed by atoms with Crippen molar-refractivity contribution in [1.82, 2.24) is 19.9 Å². The van der Waals surface area contributed by atoms with Crippen molar-refractivity contribution in [2.45, 2.75) is 24.2 Å². The topological polar surface area (TPSA) is 117 Å². The highest BCUT2D eigenvalue weighted by Gasteiger charge is 2.21. The summed E-state index contributed by atoms with van der Waals surface area (Å²) < 4.78 is 29.4. The molecule has 0 aliphatic carbocycles. The van der Waals surface area contributed by atoms with Crippen LogP contribution in [0.5, 0.6) is 5.88 Å². The number of carbonyl (C=O) groups is 1. The number of hydrogen-bond acceptors (Lipinski definition) is 10. The molecule has 3 aromatic rings. The number of rotatable bonds is 10. The van der Waals surface area contributed by atoms with Crippen molar-refractivity contribution in [2.24, 2.45) is 5.10 Å². The number of anilines is 1. The van der Waals surface area contributed by atoms with Gasteiger partial charge in [-0.05, 0) is 51.6 Å². The summed E-state index contributed by atoms with van der Waals surface area (Å²) in [5.74, 6) is 0.0956. The number of pyridine rings is 1. The van der Waals surface area contributed by atoms with E-state index in [4.69, 9.17) is 4.74 Å². The maximum absolute atomic E-state index is 13.3. The van der Waals surface area contributed by atoms with Gasteiger partial charge in [-0.2, -0.15) is 5.10 Å². The quantitative estimate of drug-likeness (QED) is 0.314. The van der Waals surface area contributed by atoms with Gasteiger partial charge in [0.2, 0.25) is 5.88 Å². The summed E-state index contributed by atoms with van der Waals surface area (Å²) >= 11 is 1.25. The Kier molecular flexibility index (Phi) is 8.17. The summed E-state index contributed by atoms with van der Waals surface area (Å²) in [5.41, 5.74) is 1.39. The SMILES string of the molecule is CN(C)CCCOc1ccc2nc(NC(=O)/C(=N/N3CCCC3)c3ccc(S(C)(=O)=O)cc3)sc2n1. The van der Waals surface area contributed by atoms with E-state index in [0.29, 0.717) is 33.5 Å². The van der Waals surface area contributed by atoms with Gasteiger partial charge in [0.05, 0.1) is 11.5 Å². The number of amides is 1. The van der Waals surface area contributed by atoms with Crippen LogP contribution in [-0.4, -0.2) is 86.5 Å².